The van der Waals surface area contributed by atoms with Crippen LogP contribution in [0.15, 0.2) is 121 Å². The zero-order chi connectivity index (χ0) is 33.3. The van der Waals surface area contributed by atoms with Crippen molar-refractivity contribution in [3.63, 3.8) is 0 Å². The van der Waals surface area contributed by atoms with Gasteiger partial charge in [-0.25, -0.2) is 4.79 Å². The van der Waals surface area contributed by atoms with Crippen molar-refractivity contribution in [2.75, 3.05) is 12.4 Å². The summed E-state index contributed by atoms with van der Waals surface area (Å²) in [5, 5.41) is 25.5. The van der Waals surface area contributed by atoms with Gasteiger partial charge in [0.05, 0.1) is 24.5 Å². The van der Waals surface area contributed by atoms with Crippen LogP contribution in [-0.2, 0) is 27.4 Å². The van der Waals surface area contributed by atoms with Crippen LogP contribution in [0.1, 0.15) is 41.6 Å². The molecule has 0 saturated carbocycles. The molecule has 1 saturated heterocycles. The number of hydrogen-bond donors (Lipinski definition) is 2. The maximum absolute atomic E-state index is 12.0. The molecule has 11 heteroatoms. The highest BCUT2D eigenvalue weighted by Gasteiger charge is 2.38. The van der Waals surface area contributed by atoms with Crippen molar-refractivity contribution in [2.24, 2.45) is 5.92 Å². The molecule has 4 aromatic carbocycles. The lowest BCUT2D eigenvalue weighted by Crippen LogP contribution is -2.38. The quantitative estimate of drug-likeness (QED) is 0.109. The molecule has 5 aromatic rings. The summed E-state index contributed by atoms with van der Waals surface area (Å²) in [6, 6.07) is 33.7. The molecule has 10 nitrogen and oxygen atoms in total. The molecule has 0 unspecified atom stereocenters. The molecule has 2 N–H and O–H groups in total. The van der Waals surface area contributed by atoms with Gasteiger partial charge >= 0.3 is 6.09 Å². The van der Waals surface area contributed by atoms with Crippen LogP contribution in [0.5, 0.6) is 0 Å². The summed E-state index contributed by atoms with van der Waals surface area (Å²) in [5.41, 5.74) is 6.58. The molecule has 6 rings (SSSR count). The summed E-state index contributed by atoms with van der Waals surface area (Å²) in [6.45, 7) is 6.16. The number of amides is 1. The highest BCUT2D eigenvalue weighted by Crippen LogP contribution is 2.43. The molecule has 1 amide bonds. The number of aliphatic hydroxyl groups excluding tert-OH is 1. The lowest BCUT2D eigenvalue weighted by Gasteiger charge is -2.41. The number of ether oxygens (including phenoxy) is 3. The summed E-state index contributed by atoms with van der Waals surface area (Å²) >= 11 is 1.54. The standard InChI is InChI=1S/C37H37N5O5S/c1-3-21-45-37(44)38-22-30-9-7-8-12-32(30)27-17-19-29(20-18-27)35-46-33(25(2)34(47-35)28-15-13-26(23-43)14-16-28)24-48-36-39-40-41-42(36)31-10-5-4-6-11-31/h3-20,25,33-35,43H,1,21-24H2,2H3,(H,38,44)/t25-,33+,34+,35+/m0/s1. The van der Waals surface area contributed by atoms with Gasteiger partial charge in [-0.05, 0) is 50.4 Å². The first-order valence-corrected chi connectivity index (χ1v) is 16.7. The summed E-state index contributed by atoms with van der Waals surface area (Å²) in [4.78, 5) is 12.0. The SMILES string of the molecule is C=CCOC(=O)NCc1ccccc1-c1ccc([C@@H]2O[C@H](CSc3nnnn3-c3ccccc3)[C@H](C)[C@H](c3ccc(CO)cc3)O2)cc1. The zero-order valence-electron chi connectivity index (χ0n) is 26.5. The fourth-order valence-electron chi connectivity index (χ4n) is 5.60. The second kappa shape index (κ2) is 15.9. The first-order valence-electron chi connectivity index (χ1n) is 15.7. The van der Waals surface area contributed by atoms with Crippen LogP contribution in [0.25, 0.3) is 16.8 Å². The van der Waals surface area contributed by atoms with Gasteiger partial charge in [-0.1, -0.05) is 122 Å². The van der Waals surface area contributed by atoms with Crippen molar-refractivity contribution in [1.82, 2.24) is 25.5 Å². The van der Waals surface area contributed by atoms with Gasteiger partial charge in [0, 0.05) is 23.8 Å². The number of rotatable bonds is 12. The molecule has 0 aliphatic carbocycles. The number of thioether (sulfide) groups is 1. The molecule has 0 radical (unpaired) electrons. The third-order valence-corrected chi connectivity index (χ3v) is 9.22. The van der Waals surface area contributed by atoms with Crippen molar-refractivity contribution < 1.29 is 24.1 Å². The van der Waals surface area contributed by atoms with Gasteiger partial charge in [0.1, 0.15) is 6.61 Å². The van der Waals surface area contributed by atoms with Gasteiger partial charge in [-0.2, -0.15) is 4.68 Å². The van der Waals surface area contributed by atoms with Crippen LogP contribution in [0.2, 0.25) is 0 Å². The van der Waals surface area contributed by atoms with Crippen molar-refractivity contribution in [3.05, 3.63) is 138 Å². The van der Waals surface area contributed by atoms with E-state index in [0.29, 0.717) is 17.5 Å². The van der Waals surface area contributed by atoms with Crippen molar-refractivity contribution in [3.8, 4) is 16.8 Å². The number of benzene rings is 4. The summed E-state index contributed by atoms with van der Waals surface area (Å²) in [5.74, 6) is 0.610. The van der Waals surface area contributed by atoms with Crippen LogP contribution in [0, 0.1) is 5.92 Å². The molecule has 1 aliphatic rings. The Kier molecular flexibility index (Phi) is 10.9. The van der Waals surface area contributed by atoms with E-state index in [0.717, 1.165) is 39.1 Å². The number of aromatic nitrogens is 4. The van der Waals surface area contributed by atoms with Crippen molar-refractivity contribution >= 4 is 17.9 Å². The Balaban J connectivity index is 1.22. The van der Waals surface area contributed by atoms with Crippen LogP contribution >= 0.6 is 11.8 Å². The maximum atomic E-state index is 12.0. The van der Waals surface area contributed by atoms with Crippen molar-refractivity contribution in [1.29, 1.82) is 0 Å². The van der Waals surface area contributed by atoms with Crippen LogP contribution < -0.4 is 5.32 Å². The second-order valence-corrected chi connectivity index (χ2v) is 12.3. The first-order chi connectivity index (χ1) is 23.5. The number of tetrazole rings is 1. The molecular weight excluding hydrogens is 627 g/mol. The lowest BCUT2D eigenvalue weighted by atomic mass is 9.91. The van der Waals surface area contributed by atoms with E-state index in [1.807, 2.05) is 103 Å². The fourth-order valence-corrected chi connectivity index (χ4v) is 6.65. The van der Waals surface area contributed by atoms with E-state index in [-0.39, 0.29) is 31.3 Å². The fraction of sp³-hybridized carbons (Fsp3) is 0.243. The smallest absolute Gasteiger partial charge is 0.407 e. The van der Waals surface area contributed by atoms with Gasteiger partial charge < -0.3 is 24.6 Å². The Labute approximate surface area is 283 Å². The predicted molar refractivity (Wildman–Crippen MR) is 183 cm³/mol. The molecule has 0 bridgehead atoms. The van der Waals surface area contributed by atoms with Gasteiger partial charge in [0.15, 0.2) is 6.29 Å². The number of aliphatic hydroxyl groups is 1. The Morgan fingerprint density at radius 2 is 1.71 bits per heavy atom. The van der Waals surface area contributed by atoms with Crippen LogP contribution in [0.4, 0.5) is 4.79 Å². The number of carbonyl (C=O) groups is 1. The molecule has 48 heavy (non-hydrogen) atoms. The third kappa shape index (κ3) is 7.83. The Morgan fingerprint density at radius 3 is 2.46 bits per heavy atom. The second-order valence-electron chi connectivity index (χ2n) is 11.4. The number of alkyl carbamates (subject to hydrolysis) is 1. The lowest BCUT2D eigenvalue weighted by molar-refractivity contribution is -0.268. The van der Waals surface area contributed by atoms with Gasteiger partial charge in [-0.15, -0.1) is 5.10 Å². The number of nitrogens with one attached hydrogen (secondary N) is 1. The monoisotopic (exact) mass is 663 g/mol. The summed E-state index contributed by atoms with van der Waals surface area (Å²) in [7, 11) is 0. The van der Waals surface area contributed by atoms with Gasteiger partial charge in [-0.3, -0.25) is 0 Å². The van der Waals surface area contributed by atoms with Gasteiger partial charge in [0.2, 0.25) is 5.16 Å². The Morgan fingerprint density at radius 1 is 0.979 bits per heavy atom. The average molecular weight is 664 g/mol. The minimum atomic E-state index is -0.620. The van der Waals surface area contributed by atoms with E-state index in [9.17, 15) is 9.90 Å². The molecule has 1 aromatic heterocycles. The highest BCUT2D eigenvalue weighted by atomic mass is 32.2. The summed E-state index contributed by atoms with van der Waals surface area (Å²) in [6.07, 6.45) is -0.0261. The third-order valence-electron chi connectivity index (χ3n) is 8.21. The molecule has 1 aliphatic heterocycles. The van der Waals surface area contributed by atoms with E-state index in [2.05, 4.69) is 34.3 Å². The minimum absolute atomic E-state index is 0.00611. The van der Waals surface area contributed by atoms with Crippen molar-refractivity contribution in [2.45, 2.75) is 43.7 Å². The Hall–Kier alpha value is -4.81. The number of para-hydroxylation sites is 1. The topological polar surface area (TPSA) is 121 Å². The van der Waals surface area contributed by atoms with E-state index in [1.165, 1.54) is 6.08 Å². The first kappa shape index (κ1) is 33.1. The molecule has 246 valence electrons. The molecule has 4 atom stereocenters. The Bertz CT molecular complexity index is 1800. The molecule has 2 heterocycles. The largest absolute Gasteiger partial charge is 0.445 e. The van der Waals surface area contributed by atoms with Gasteiger partial charge in [0.25, 0.3) is 0 Å². The van der Waals surface area contributed by atoms with Crippen LogP contribution in [-0.4, -0.2) is 49.9 Å². The summed E-state index contributed by atoms with van der Waals surface area (Å²) < 4.78 is 20.1. The zero-order valence-corrected chi connectivity index (χ0v) is 27.3. The highest BCUT2D eigenvalue weighted by molar-refractivity contribution is 7.99. The number of nitrogens with zero attached hydrogens (tertiary/aromatic N) is 4. The minimum Gasteiger partial charge on any atom is -0.445 e. The molecule has 0 spiro atoms. The predicted octanol–water partition coefficient (Wildman–Crippen LogP) is 6.82. The molecular formula is C37H37N5O5S. The molecule has 1 fully saturated rings. The van der Waals surface area contributed by atoms with E-state index in [4.69, 9.17) is 14.2 Å². The normalized spacial score (nSPS) is 19.0. The maximum Gasteiger partial charge on any atom is 0.407 e. The van der Waals surface area contributed by atoms with E-state index in [1.54, 1.807) is 16.4 Å². The number of hydrogen-bond acceptors (Lipinski definition) is 9. The number of carbonyl (C=O) groups excluding carboxylic acids is 1. The van der Waals surface area contributed by atoms with Crippen LogP contribution in [0.3, 0.4) is 0 Å². The average Bonchev–Trinajstić information content (AvgIpc) is 3.62. The van der Waals surface area contributed by atoms with E-state index >= 15 is 0 Å². The van der Waals surface area contributed by atoms with E-state index < -0.39 is 12.4 Å².